The van der Waals surface area contributed by atoms with Gasteiger partial charge in [0, 0.05) is 14.4 Å². The average Bonchev–Trinajstić information content (AvgIpc) is 2.82. The molecule has 0 amide bonds. The summed E-state index contributed by atoms with van der Waals surface area (Å²) in [6.45, 7) is 2.33. The summed E-state index contributed by atoms with van der Waals surface area (Å²) in [7, 11) is -0.387. The molecule has 0 bridgehead atoms. The molecule has 0 nitrogen and oxygen atoms in total. The largest absolute Gasteiger partial charge is 0.206 e. The Morgan fingerprint density at radius 1 is 0.758 bits per heavy atom. The van der Waals surface area contributed by atoms with E-state index in [4.69, 9.17) is 0 Å². The van der Waals surface area contributed by atoms with Gasteiger partial charge in [-0.1, -0.05) is 69.3 Å². The second-order valence-corrected chi connectivity index (χ2v) is 13.9. The maximum atomic E-state index is 14.8. The van der Waals surface area contributed by atoms with E-state index in [2.05, 4.69) is 6.92 Å². The fraction of sp³-hybridized carbons (Fsp3) is 0.571. The van der Waals surface area contributed by atoms with Gasteiger partial charge >= 0.3 is 0 Å². The van der Waals surface area contributed by atoms with E-state index in [0.29, 0.717) is 5.92 Å². The zero-order valence-electron chi connectivity index (χ0n) is 19.7. The number of hydrogen-bond acceptors (Lipinski definition) is 0. The Morgan fingerprint density at radius 3 is 1.94 bits per heavy atom. The Kier molecular flexibility index (Phi) is 8.32. The van der Waals surface area contributed by atoms with Crippen molar-refractivity contribution in [1.29, 1.82) is 0 Å². The number of hydrogen-bond donors (Lipinski definition) is 0. The van der Waals surface area contributed by atoms with Crippen LogP contribution in [0.25, 0.3) is 11.1 Å². The summed E-state index contributed by atoms with van der Waals surface area (Å²) in [6, 6.07) is 11.3. The second-order valence-electron chi connectivity index (χ2n) is 10.5. The Labute approximate surface area is 197 Å². The van der Waals surface area contributed by atoms with E-state index in [1.807, 2.05) is 6.07 Å². The molecule has 33 heavy (non-hydrogen) atoms. The van der Waals surface area contributed by atoms with Crippen molar-refractivity contribution < 1.29 is 17.6 Å². The lowest BCUT2D eigenvalue weighted by atomic mass is 9.76. The Bertz CT molecular complexity index is 904. The first-order valence-electron chi connectivity index (χ1n) is 12.9. The smallest absolute Gasteiger partial charge is 0.194 e. The lowest BCUT2D eigenvalue weighted by Gasteiger charge is -2.32. The number of halogens is 4. The van der Waals surface area contributed by atoms with Gasteiger partial charge in [0.15, 0.2) is 17.5 Å². The molecule has 4 rings (SSSR count). The minimum absolute atomic E-state index is 0.0190. The van der Waals surface area contributed by atoms with Crippen molar-refractivity contribution in [2.45, 2.75) is 88.8 Å². The van der Waals surface area contributed by atoms with Crippen LogP contribution in [0.1, 0.15) is 76.2 Å². The average molecular weight is 477 g/mol. The molecule has 0 unspecified atom stereocenters. The van der Waals surface area contributed by atoms with Crippen molar-refractivity contribution in [3.05, 3.63) is 59.2 Å². The summed E-state index contributed by atoms with van der Waals surface area (Å²) in [5, 5.41) is 0. The molecule has 2 aliphatic rings. The summed E-state index contributed by atoms with van der Waals surface area (Å²) in [5.74, 6) is -2.57. The molecule has 0 N–H and O–H groups in total. The Balaban J connectivity index is 1.28. The molecule has 1 heterocycles. The summed E-state index contributed by atoms with van der Waals surface area (Å²) in [4.78, 5) is 0. The van der Waals surface area contributed by atoms with E-state index >= 15 is 0 Å². The molecule has 1 saturated carbocycles. The van der Waals surface area contributed by atoms with Gasteiger partial charge in [0.1, 0.15) is 5.82 Å². The highest BCUT2D eigenvalue weighted by Gasteiger charge is 2.26. The number of rotatable bonds is 7. The van der Waals surface area contributed by atoms with Crippen LogP contribution in [0.4, 0.5) is 17.6 Å². The van der Waals surface area contributed by atoms with Crippen molar-refractivity contribution in [2.75, 3.05) is 0 Å². The van der Waals surface area contributed by atoms with Gasteiger partial charge < -0.3 is 0 Å². The molecule has 1 aliphatic carbocycles. The molecule has 180 valence electrons. The summed E-state index contributed by atoms with van der Waals surface area (Å²) >= 11 is 0. The van der Waals surface area contributed by atoms with Crippen molar-refractivity contribution in [1.82, 2.24) is 0 Å². The van der Waals surface area contributed by atoms with Gasteiger partial charge in [-0.2, -0.15) is 0 Å². The van der Waals surface area contributed by atoms with E-state index in [0.717, 1.165) is 42.4 Å². The number of benzene rings is 2. The van der Waals surface area contributed by atoms with Crippen LogP contribution in [-0.2, 0) is 0 Å². The molecule has 2 aromatic carbocycles. The van der Waals surface area contributed by atoms with Crippen LogP contribution in [-0.4, -0.2) is 8.80 Å². The van der Waals surface area contributed by atoms with Crippen LogP contribution in [0, 0.1) is 35.1 Å². The second kappa shape index (κ2) is 11.2. The molecular weight excluding hydrogens is 440 g/mol. The van der Waals surface area contributed by atoms with E-state index in [-0.39, 0.29) is 19.9 Å². The van der Waals surface area contributed by atoms with Gasteiger partial charge in [-0.25, -0.2) is 17.6 Å². The fourth-order valence-corrected chi connectivity index (χ4v) is 9.77. The van der Waals surface area contributed by atoms with Crippen LogP contribution >= 0.6 is 0 Å². The summed E-state index contributed by atoms with van der Waals surface area (Å²) in [6.07, 6.45) is 11.6. The summed E-state index contributed by atoms with van der Waals surface area (Å²) < 4.78 is 55.1. The van der Waals surface area contributed by atoms with Gasteiger partial charge in [0.05, 0.1) is 0 Å². The topological polar surface area (TPSA) is 0 Å². The highest BCUT2D eigenvalue weighted by Crippen LogP contribution is 2.40. The zero-order valence-corrected chi connectivity index (χ0v) is 20.8. The molecule has 2 aromatic rings. The first-order chi connectivity index (χ1) is 15.9. The van der Waals surface area contributed by atoms with Crippen LogP contribution in [0.3, 0.4) is 0 Å². The van der Waals surface area contributed by atoms with Crippen molar-refractivity contribution in [3.63, 3.8) is 0 Å². The van der Waals surface area contributed by atoms with Crippen molar-refractivity contribution >= 4 is 8.80 Å². The monoisotopic (exact) mass is 476 g/mol. The van der Waals surface area contributed by atoms with Gasteiger partial charge in [0.2, 0.25) is 0 Å². The lowest BCUT2D eigenvalue weighted by Crippen LogP contribution is -2.22. The predicted molar refractivity (Wildman–Crippen MR) is 130 cm³/mol. The summed E-state index contributed by atoms with van der Waals surface area (Å²) in [5.41, 5.74) is 1.07. The molecule has 0 radical (unpaired) electrons. The molecule has 0 spiro atoms. The van der Waals surface area contributed by atoms with Gasteiger partial charge in [-0.05, 0) is 72.8 Å². The van der Waals surface area contributed by atoms with E-state index in [9.17, 15) is 17.6 Å². The zero-order chi connectivity index (χ0) is 23.4. The highest BCUT2D eigenvalue weighted by atomic mass is 28.3. The Morgan fingerprint density at radius 2 is 1.36 bits per heavy atom. The lowest BCUT2D eigenvalue weighted by molar-refractivity contribution is 0.280. The van der Waals surface area contributed by atoms with Crippen LogP contribution < -0.4 is 0 Å². The van der Waals surface area contributed by atoms with Crippen LogP contribution in [0.5, 0.6) is 0 Å². The van der Waals surface area contributed by atoms with Crippen molar-refractivity contribution in [2.24, 2.45) is 11.8 Å². The van der Waals surface area contributed by atoms with Crippen molar-refractivity contribution in [3.8, 4) is 11.1 Å². The van der Waals surface area contributed by atoms with Gasteiger partial charge in [0.25, 0.3) is 0 Å². The molecular formula is C28H36F4Si. The minimum Gasteiger partial charge on any atom is -0.206 e. The third-order valence-corrected chi connectivity index (χ3v) is 11.9. The molecule has 1 aliphatic heterocycles. The molecule has 1 saturated heterocycles. The third-order valence-electron chi connectivity index (χ3n) is 8.25. The van der Waals surface area contributed by atoms with E-state index in [1.54, 1.807) is 18.2 Å². The first-order valence-corrected chi connectivity index (χ1v) is 15.3. The third kappa shape index (κ3) is 6.09. The molecule has 5 heteroatoms. The Hall–Kier alpha value is -1.62. The maximum absolute atomic E-state index is 14.8. The van der Waals surface area contributed by atoms with Crippen LogP contribution in [0.15, 0.2) is 30.3 Å². The fourth-order valence-electron chi connectivity index (χ4n) is 6.20. The van der Waals surface area contributed by atoms with E-state index < -0.39 is 23.3 Å². The quantitative estimate of drug-likeness (QED) is 0.212. The maximum Gasteiger partial charge on any atom is 0.194 e. The SMILES string of the molecule is CCC[Si@H]1CC[C@H](CC[C@H]2CC[C@H](c3ccc(-c4cc(F)c(F)c(F)c4)c(F)c3)CC2)CC1. The standard InChI is InChI=1S/C28H36F4Si/c1-2-13-33-14-11-20(12-15-33)4-3-19-5-7-21(8-6-19)22-9-10-24(25(29)16-22)23-17-26(30)28(32)27(31)18-23/h9-10,16-21,33H,2-8,11-15H2,1H3/t19-,20-,21-,33-. The molecule has 0 aromatic heterocycles. The van der Waals surface area contributed by atoms with Gasteiger partial charge in [-0.3, -0.25) is 0 Å². The predicted octanol–water partition coefficient (Wildman–Crippen LogP) is 9.01. The first kappa shape index (κ1) is 24.5. The molecule has 2 fully saturated rings. The minimum atomic E-state index is -1.53. The van der Waals surface area contributed by atoms with Gasteiger partial charge in [-0.15, -0.1) is 0 Å². The molecule has 0 atom stereocenters. The van der Waals surface area contributed by atoms with Crippen LogP contribution in [0.2, 0.25) is 18.1 Å². The highest BCUT2D eigenvalue weighted by molar-refractivity contribution is 6.58. The normalized spacial score (nSPS) is 25.8. The van der Waals surface area contributed by atoms with E-state index in [1.165, 1.54) is 57.1 Å².